The summed E-state index contributed by atoms with van der Waals surface area (Å²) in [6, 6.07) is 17.5. The highest BCUT2D eigenvalue weighted by molar-refractivity contribution is 6.22. The van der Waals surface area contributed by atoms with Gasteiger partial charge in [-0.25, -0.2) is 9.89 Å². The Morgan fingerprint density at radius 2 is 1.74 bits per heavy atom. The van der Waals surface area contributed by atoms with E-state index in [2.05, 4.69) is 4.90 Å². The summed E-state index contributed by atoms with van der Waals surface area (Å²) in [5.74, 6) is 0.494. The molecule has 162 valence electrons. The van der Waals surface area contributed by atoms with Crippen LogP contribution in [0, 0.1) is 12.8 Å². The first-order chi connectivity index (χ1) is 15.1. The van der Waals surface area contributed by atoms with Gasteiger partial charge in [0, 0.05) is 19.5 Å². The van der Waals surface area contributed by atoms with Crippen molar-refractivity contribution in [2.45, 2.75) is 39.2 Å². The van der Waals surface area contributed by atoms with Crippen molar-refractivity contribution in [3.63, 3.8) is 0 Å². The van der Waals surface area contributed by atoms with Gasteiger partial charge in [0.2, 0.25) is 5.96 Å². The van der Waals surface area contributed by atoms with E-state index in [1.807, 2.05) is 68.4 Å². The van der Waals surface area contributed by atoms with Crippen molar-refractivity contribution in [3.05, 3.63) is 65.7 Å². The van der Waals surface area contributed by atoms with Crippen molar-refractivity contribution < 1.29 is 14.3 Å². The molecule has 0 saturated carbocycles. The molecule has 0 N–H and O–H groups in total. The Kier molecular flexibility index (Phi) is 6.35. The van der Waals surface area contributed by atoms with Gasteiger partial charge in [0.1, 0.15) is 6.04 Å². The number of hydrogen-bond donors (Lipinski definition) is 0. The Morgan fingerprint density at radius 3 is 2.42 bits per heavy atom. The maximum Gasteiger partial charge on any atom is 0.309 e. The zero-order chi connectivity index (χ0) is 21.8. The van der Waals surface area contributed by atoms with E-state index in [4.69, 9.17) is 9.73 Å². The molecular formula is C25H29N3O3. The zero-order valence-electron chi connectivity index (χ0n) is 18.2. The first kappa shape index (κ1) is 21.1. The third kappa shape index (κ3) is 4.48. The van der Waals surface area contributed by atoms with Gasteiger partial charge >= 0.3 is 5.97 Å². The lowest BCUT2D eigenvalue weighted by atomic mass is 9.97. The standard InChI is InChI=1S/C25H29N3O3/c1-3-31-24(30)20-13-15-27(16-14-20)25-26-21(17-19-10-5-4-6-11-19)23(29)28(25)22-12-8-7-9-18(22)2/h4-12,20-21H,3,13-17H2,1-2H3. The second-order valence-electron chi connectivity index (χ2n) is 8.11. The third-order valence-corrected chi connectivity index (χ3v) is 6.00. The van der Waals surface area contributed by atoms with Crippen molar-refractivity contribution in [1.29, 1.82) is 0 Å². The molecule has 1 amide bonds. The van der Waals surface area contributed by atoms with Gasteiger partial charge < -0.3 is 9.64 Å². The van der Waals surface area contributed by atoms with Crippen molar-refractivity contribution in [3.8, 4) is 0 Å². The van der Waals surface area contributed by atoms with Gasteiger partial charge in [0.25, 0.3) is 5.91 Å². The number of aryl methyl sites for hydroxylation is 1. The van der Waals surface area contributed by atoms with Crippen LogP contribution in [0.3, 0.4) is 0 Å². The fraction of sp³-hybridized carbons (Fsp3) is 0.400. The van der Waals surface area contributed by atoms with Gasteiger partial charge in [-0.2, -0.15) is 0 Å². The molecule has 2 aromatic carbocycles. The minimum Gasteiger partial charge on any atom is -0.466 e. The lowest BCUT2D eigenvalue weighted by Gasteiger charge is -2.35. The Morgan fingerprint density at radius 1 is 1.06 bits per heavy atom. The molecule has 2 aromatic rings. The van der Waals surface area contributed by atoms with E-state index in [1.54, 1.807) is 4.90 Å². The fourth-order valence-corrected chi connectivity index (χ4v) is 4.31. The number of amides is 1. The Labute approximate surface area is 183 Å². The quantitative estimate of drug-likeness (QED) is 0.695. The summed E-state index contributed by atoms with van der Waals surface area (Å²) >= 11 is 0. The number of hydrogen-bond acceptors (Lipinski definition) is 5. The largest absolute Gasteiger partial charge is 0.466 e. The van der Waals surface area contributed by atoms with Crippen LogP contribution in [0.2, 0.25) is 0 Å². The molecular weight excluding hydrogens is 390 g/mol. The highest BCUT2D eigenvalue weighted by atomic mass is 16.5. The van der Waals surface area contributed by atoms with Crippen LogP contribution in [0.15, 0.2) is 59.6 Å². The maximum atomic E-state index is 13.5. The second kappa shape index (κ2) is 9.33. The molecule has 6 heteroatoms. The van der Waals surface area contributed by atoms with E-state index in [9.17, 15) is 9.59 Å². The van der Waals surface area contributed by atoms with Crippen LogP contribution in [0.25, 0.3) is 0 Å². The van der Waals surface area contributed by atoms with E-state index in [0.717, 1.165) is 16.8 Å². The summed E-state index contributed by atoms with van der Waals surface area (Å²) in [5, 5.41) is 0. The zero-order valence-corrected chi connectivity index (χ0v) is 18.2. The lowest BCUT2D eigenvalue weighted by molar-refractivity contribution is -0.149. The number of carbonyl (C=O) groups excluding carboxylic acids is 2. The van der Waals surface area contributed by atoms with Crippen LogP contribution in [0.4, 0.5) is 5.69 Å². The molecule has 1 unspecified atom stereocenters. The predicted molar refractivity (Wildman–Crippen MR) is 121 cm³/mol. The van der Waals surface area contributed by atoms with E-state index in [0.29, 0.717) is 44.9 Å². The van der Waals surface area contributed by atoms with E-state index in [1.165, 1.54) is 0 Å². The number of rotatable bonds is 5. The van der Waals surface area contributed by atoms with Gasteiger partial charge in [-0.3, -0.25) is 9.59 Å². The second-order valence-corrected chi connectivity index (χ2v) is 8.11. The SMILES string of the molecule is CCOC(=O)C1CCN(C2=NC(Cc3ccccc3)C(=O)N2c2ccccc2C)CC1. The summed E-state index contributed by atoms with van der Waals surface area (Å²) in [5.41, 5.74) is 3.00. The van der Waals surface area contributed by atoms with Gasteiger partial charge in [0.15, 0.2) is 0 Å². The molecule has 2 heterocycles. The van der Waals surface area contributed by atoms with Crippen molar-refractivity contribution in [2.75, 3.05) is 24.6 Å². The van der Waals surface area contributed by atoms with Crippen molar-refractivity contribution >= 4 is 23.5 Å². The van der Waals surface area contributed by atoms with Crippen LogP contribution in [0.1, 0.15) is 30.9 Å². The van der Waals surface area contributed by atoms with Crippen molar-refractivity contribution in [1.82, 2.24) is 4.90 Å². The highest BCUT2D eigenvalue weighted by Gasteiger charge is 2.40. The van der Waals surface area contributed by atoms with E-state index >= 15 is 0 Å². The fourth-order valence-electron chi connectivity index (χ4n) is 4.31. The summed E-state index contributed by atoms with van der Waals surface area (Å²) in [6.45, 7) is 5.60. The van der Waals surface area contributed by atoms with E-state index in [-0.39, 0.29) is 17.8 Å². The molecule has 0 spiro atoms. The number of benzene rings is 2. The minimum absolute atomic E-state index is 0.000620. The third-order valence-electron chi connectivity index (χ3n) is 6.00. The smallest absolute Gasteiger partial charge is 0.309 e. The van der Waals surface area contributed by atoms with Gasteiger partial charge in [-0.1, -0.05) is 48.5 Å². The summed E-state index contributed by atoms with van der Waals surface area (Å²) < 4.78 is 5.20. The van der Waals surface area contributed by atoms with E-state index < -0.39 is 6.04 Å². The highest BCUT2D eigenvalue weighted by Crippen LogP contribution is 2.29. The Hall–Kier alpha value is -3.15. The first-order valence-corrected chi connectivity index (χ1v) is 11.0. The number of guanidine groups is 1. The van der Waals surface area contributed by atoms with Crippen LogP contribution >= 0.6 is 0 Å². The number of esters is 1. The van der Waals surface area contributed by atoms with Crippen LogP contribution in [-0.2, 0) is 20.7 Å². The molecule has 6 nitrogen and oxygen atoms in total. The summed E-state index contributed by atoms with van der Waals surface area (Å²) in [7, 11) is 0. The van der Waals surface area contributed by atoms with Gasteiger partial charge in [-0.05, 0) is 43.9 Å². The number of piperidine rings is 1. The van der Waals surface area contributed by atoms with Gasteiger partial charge in [0.05, 0.1) is 18.2 Å². The molecule has 4 rings (SSSR count). The maximum absolute atomic E-state index is 13.5. The Balaban J connectivity index is 1.59. The molecule has 0 radical (unpaired) electrons. The summed E-state index contributed by atoms with van der Waals surface area (Å²) in [4.78, 5) is 34.4. The van der Waals surface area contributed by atoms with Crippen LogP contribution < -0.4 is 4.90 Å². The average Bonchev–Trinajstić information content (AvgIpc) is 3.11. The monoisotopic (exact) mass is 419 g/mol. The molecule has 31 heavy (non-hydrogen) atoms. The lowest BCUT2D eigenvalue weighted by Crippen LogP contribution is -2.49. The molecule has 2 aliphatic heterocycles. The number of nitrogens with zero attached hydrogens (tertiary/aromatic N) is 3. The minimum atomic E-state index is -0.445. The number of likely N-dealkylation sites (tertiary alicyclic amines) is 1. The van der Waals surface area contributed by atoms with Gasteiger partial charge in [-0.15, -0.1) is 0 Å². The number of anilines is 1. The normalized spacial score (nSPS) is 19.5. The number of para-hydroxylation sites is 1. The Bertz CT molecular complexity index is 965. The summed E-state index contributed by atoms with van der Waals surface area (Å²) in [6.07, 6.45) is 1.98. The number of carbonyl (C=O) groups is 2. The topological polar surface area (TPSA) is 62.2 Å². The average molecular weight is 420 g/mol. The predicted octanol–water partition coefficient (Wildman–Crippen LogP) is 3.58. The van der Waals surface area contributed by atoms with Crippen molar-refractivity contribution in [2.24, 2.45) is 10.9 Å². The van der Waals surface area contributed by atoms with Crippen LogP contribution in [0.5, 0.6) is 0 Å². The molecule has 2 aliphatic rings. The molecule has 1 saturated heterocycles. The molecule has 1 atom stereocenters. The molecule has 0 bridgehead atoms. The first-order valence-electron chi connectivity index (χ1n) is 11.0. The number of aliphatic imine (C=N–C) groups is 1. The molecule has 0 aliphatic carbocycles. The van der Waals surface area contributed by atoms with Crippen LogP contribution in [-0.4, -0.2) is 48.5 Å². The molecule has 0 aromatic heterocycles. The number of ether oxygens (including phenoxy) is 1. The molecule has 1 fully saturated rings.